The average molecular weight is 866 g/mol. The van der Waals surface area contributed by atoms with Crippen LogP contribution in [-0.2, 0) is 0 Å². The maximum absolute atomic E-state index is 5.31. The highest BCUT2D eigenvalue weighted by molar-refractivity contribution is 6.22. The molecule has 0 fully saturated rings. The Hall–Kier alpha value is -9.19. The van der Waals surface area contributed by atoms with Gasteiger partial charge in [-0.3, -0.25) is 0 Å². The summed E-state index contributed by atoms with van der Waals surface area (Å²) in [5.41, 5.74) is 11.9. The SMILES string of the molecule is c1ccc(-c2nc(-c3ccccc3-c3ccccc3)nc(-c3cccc4c(-n5c6ccccc6c6cc7c(-n8c9ccccc9c9c%10ccccc%10ccc98)cccc7cc65)cccc34)n2)cc1. The monoisotopic (exact) mass is 865 g/mol. The highest BCUT2D eigenvalue weighted by atomic mass is 15.0. The maximum atomic E-state index is 5.31. The molecule has 14 rings (SSSR count). The van der Waals surface area contributed by atoms with E-state index in [4.69, 9.17) is 15.0 Å². The van der Waals surface area contributed by atoms with E-state index >= 15 is 0 Å². The molecular weight excluding hydrogens is 827 g/mol. The Labute approximate surface area is 391 Å². The van der Waals surface area contributed by atoms with E-state index in [0.717, 1.165) is 61.0 Å². The van der Waals surface area contributed by atoms with Gasteiger partial charge in [-0.15, -0.1) is 0 Å². The molecule has 0 atom stereocenters. The van der Waals surface area contributed by atoms with Crippen LogP contribution in [0.4, 0.5) is 0 Å². The molecule has 3 heterocycles. The molecule has 0 amide bonds. The molecule has 0 N–H and O–H groups in total. The molecule has 5 nitrogen and oxygen atoms in total. The minimum absolute atomic E-state index is 0.623. The minimum Gasteiger partial charge on any atom is -0.309 e. The average Bonchev–Trinajstić information content (AvgIpc) is 3.92. The van der Waals surface area contributed by atoms with Crippen LogP contribution >= 0.6 is 0 Å². The van der Waals surface area contributed by atoms with Gasteiger partial charge >= 0.3 is 0 Å². The molecule has 0 spiro atoms. The Bertz CT molecular complexity index is 4320. The molecule has 0 bridgehead atoms. The third-order valence-electron chi connectivity index (χ3n) is 13.8. The van der Waals surface area contributed by atoms with Crippen molar-refractivity contribution >= 4 is 75.9 Å². The first-order chi connectivity index (χ1) is 33.7. The van der Waals surface area contributed by atoms with Crippen molar-refractivity contribution in [2.45, 2.75) is 0 Å². The number of nitrogens with zero attached hydrogens (tertiary/aromatic N) is 5. The molecular formula is C63H39N5. The smallest absolute Gasteiger partial charge is 0.164 e. The summed E-state index contributed by atoms with van der Waals surface area (Å²) in [6.07, 6.45) is 0. The van der Waals surface area contributed by atoms with Crippen molar-refractivity contribution in [1.82, 2.24) is 24.1 Å². The Balaban J connectivity index is 0.982. The Morgan fingerprint density at radius 2 is 0.779 bits per heavy atom. The highest BCUT2D eigenvalue weighted by Gasteiger charge is 2.22. The molecule has 0 unspecified atom stereocenters. The molecule has 11 aromatic carbocycles. The fourth-order valence-corrected chi connectivity index (χ4v) is 10.7. The lowest BCUT2D eigenvalue weighted by Crippen LogP contribution is -2.02. The summed E-state index contributed by atoms with van der Waals surface area (Å²) < 4.78 is 4.91. The second-order valence-electron chi connectivity index (χ2n) is 17.5. The van der Waals surface area contributed by atoms with E-state index in [1.54, 1.807) is 0 Å². The molecule has 0 radical (unpaired) electrons. The molecule has 3 aromatic heterocycles. The van der Waals surface area contributed by atoms with E-state index < -0.39 is 0 Å². The van der Waals surface area contributed by atoms with E-state index in [-0.39, 0.29) is 0 Å². The van der Waals surface area contributed by atoms with E-state index in [2.05, 4.69) is 221 Å². The van der Waals surface area contributed by atoms with Gasteiger partial charge in [-0.2, -0.15) is 0 Å². The number of rotatable bonds is 6. The zero-order valence-corrected chi connectivity index (χ0v) is 36.8. The van der Waals surface area contributed by atoms with Crippen LogP contribution in [0.15, 0.2) is 237 Å². The Morgan fingerprint density at radius 1 is 0.250 bits per heavy atom. The van der Waals surface area contributed by atoms with Crippen molar-refractivity contribution in [3.8, 4) is 56.7 Å². The van der Waals surface area contributed by atoms with Gasteiger partial charge in [-0.25, -0.2) is 15.0 Å². The number of fused-ring (bicyclic) bond motifs is 10. The lowest BCUT2D eigenvalue weighted by atomic mass is 9.99. The number of aromatic nitrogens is 5. The maximum Gasteiger partial charge on any atom is 0.164 e. The van der Waals surface area contributed by atoms with Crippen LogP contribution < -0.4 is 0 Å². The molecule has 0 aliphatic carbocycles. The van der Waals surface area contributed by atoms with Crippen LogP contribution in [0.2, 0.25) is 0 Å². The topological polar surface area (TPSA) is 48.5 Å². The summed E-state index contributed by atoms with van der Waals surface area (Å²) >= 11 is 0. The first-order valence-electron chi connectivity index (χ1n) is 23.1. The molecule has 0 saturated carbocycles. The van der Waals surface area contributed by atoms with Gasteiger partial charge in [0.25, 0.3) is 0 Å². The molecule has 68 heavy (non-hydrogen) atoms. The molecule has 5 heteroatoms. The first kappa shape index (κ1) is 38.1. The lowest BCUT2D eigenvalue weighted by Gasteiger charge is -2.16. The minimum atomic E-state index is 0.623. The van der Waals surface area contributed by atoms with Crippen LogP contribution in [0.1, 0.15) is 0 Å². The van der Waals surface area contributed by atoms with Crippen molar-refractivity contribution in [3.05, 3.63) is 237 Å². The van der Waals surface area contributed by atoms with Crippen molar-refractivity contribution in [2.75, 3.05) is 0 Å². The quantitative estimate of drug-likeness (QED) is 0.167. The summed E-state index contributed by atoms with van der Waals surface area (Å²) in [5, 5.41) is 12.0. The van der Waals surface area contributed by atoms with E-state index in [1.165, 1.54) is 54.1 Å². The fraction of sp³-hybridized carbons (Fsp3) is 0. The van der Waals surface area contributed by atoms with Crippen LogP contribution in [0.5, 0.6) is 0 Å². The second kappa shape index (κ2) is 15.2. The predicted octanol–water partition coefficient (Wildman–Crippen LogP) is 16.2. The van der Waals surface area contributed by atoms with Crippen molar-refractivity contribution in [3.63, 3.8) is 0 Å². The van der Waals surface area contributed by atoms with Gasteiger partial charge in [0.15, 0.2) is 17.5 Å². The largest absolute Gasteiger partial charge is 0.309 e. The van der Waals surface area contributed by atoms with Gasteiger partial charge in [-0.1, -0.05) is 194 Å². The zero-order chi connectivity index (χ0) is 44.7. The second-order valence-corrected chi connectivity index (χ2v) is 17.5. The van der Waals surface area contributed by atoms with Crippen LogP contribution in [0.3, 0.4) is 0 Å². The summed E-state index contributed by atoms with van der Waals surface area (Å²) in [4.78, 5) is 15.7. The van der Waals surface area contributed by atoms with Crippen molar-refractivity contribution < 1.29 is 0 Å². The van der Waals surface area contributed by atoms with Crippen molar-refractivity contribution in [1.29, 1.82) is 0 Å². The van der Waals surface area contributed by atoms with Gasteiger partial charge in [-0.05, 0) is 75.1 Å². The number of para-hydroxylation sites is 2. The van der Waals surface area contributed by atoms with E-state index in [9.17, 15) is 0 Å². The normalized spacial score (nSPS) is 11.8. The van der Waals surface area contributed by atoms with Crippen molar-refractivity contribution in [2.24, 2.45) is 0 Å². The molecule has 0 saturated heterocycles. The van der Waals surface area contributed by atoms with Gasteiger partial charge in [0.05, 0.1) is 33.4 Å². The Morgan fingerprint density at radius 3 is 1.59 bits per heavy atom. The summed E-state index contributed by atoms with van der Waals surface area (Å²) in [5.74, 6) is 1.88. The first-order valence-corrected chi connectivity index (χ1v) is 23.1. The van der Waals surface area contributed by atoms with Gasteiger partial charge in [0, 0.05) is 49.0 Å². The standard InChI is InChI=1S/C63H39N5/c1-3-18-40(19-4-1)44-24-9-10-27-49(44)62-64-61(42-21-5-2-6-22-42)65-63(66-62)50-31-16-30-47-46(50)29-17-35-55(47)68-54-32-13-11-26-48(54)53-39-52-43(38-59(53)68)23-15-34-57(52)67-56-33-14-12-28-51(56)60-45-25-8-7-20-41(45)36-37-58(60)67/h1-39H. The zero-order valence-electron chi connectivity index (χ0n) is 36.8. The van der Waals surface area contributed by atoms with E-state index in [0.29, 0.717) is 17.5 Å². The van der Waals surface area contributed by atoms with Crippen LogP contribution in [0, 0.1) is 0 Å². The lowest BCUT2D eigenvalue weighted by molar-refractivity contribution is 1.08. The fourth-order valence-electron chi connectivity index (χ4n) is 10.7. The van der Waals surface area contributed by atoms with Crippen LogP contribution in [0.25, 0.3) is 133 Å². The number of benzene rings is 11. The van der Waals surface area contributed by atoms with Gasteiger partial charge in [0.1, 0.15) is 0 Å². The molecule has 316 valence electrons. The highest BCUT2D eigenvalue weighted by Crippen LogP contribution is 2.43. The molecule has 0 aliphatic rings. The number of hydrogen-bond donors (Lipinski definition) is 0. The molecule has 0 aliphatic heterocycles. The summed E-state index contributed by atoms with van der Waals surface area (Å²) in [6.45, 7) is 0. The van der Waals surface area contributed by atoms with Gasteiger partial charge in [0.2, 0.25) is 0 Å². The van der Waals surface area contributed by atoms with E-state index in [1.807, 2.05) is 24.3 Å². The van der Waals surface area contributed by atoms with Gasteiger partial charge < -0.3 is 9.13 Å². The third-order valence-corrected chi connectivity index (χ3v) is 13.8. The Kier molecular flexibility index (Phi) is 8.52. The third kappa shape index (κ3) is 5.86. The molecule has 14 aromatic rings. The number of hydrogen-bond acceptors (Lipinski definition) is 3. The summed E-state index contributed by atoms with van der Waals surface area (Å²) in [7, 11) is 0. The summed E-state index contributed by atoms with van der Waals surface area (Å²) in [6, 6.07) is 84.6. The predicted molar refractivity (Wildman–Crippen MR) is 283 cm³/mol. The van der Waals surface area contributed by atoms with Crippen LogP contribution in [-0.4, -0.2) is 24.1 Å².